The predicted molar refractivity (Wildman–Crippen MR) is 84.6 cm³/mol. The summed E-state index contributed by atoms with van der Waals surface area (Å²) in [6.07, 6.45) is 0. The summed E-state index contributed by atoms with van der Waals surface area (Å²) in [4.78, 5) is 4.67. The topological polar surface area (TPSA) is 24.9 Å². The first kappa shape index (κ1) is 13.7. The Morgan fingerprint density at radius 3 is 2.67 bits per heavy atom. The summed E-state index contributed by atoms with van der Waals surface area (Å²) >= 11 is 0. The number of fused-ring (bicyclic) bond motifs is 1. The van der Waals surface area contributed by atoms with Crippen LogP contribution in [0.4, 0.5) is 4.39 Å². The van der Waals surface area contributed by atoms with Crippen molar-refractivity contribution in [3.63, 3.8) is 0 Å². The highest BCUT2D eigenvalue weighted by Gasteiger charge is 2.13. The minimum atomic E-state index is -0.244. The van der Waals surface area contributed by atoms with Gasteiger partial charge in [0, 0.05) is 17.0 Å². The van der Waals surface area contributed by atoms with Crippen molar-refractivity contribution in [1.82, 2.24) is 10.3 Å². The molecule has 1 aromatic heterocycles. The average molecular weight is 280 g/mol. The molecule has 3 rings (SSSR count). The summed E-state index contributed by atoms with van der Waals surface area (Å²) in [7, 11) is 1.89. The van der Waals surface area contributed by atoms with E-state index in [2.05, 4.69) is 17.2 Å². The van der Waals surface area contributed by atoms with Gasteiger partial charge in [-0.25, -0.2) is 9.37 Å². The number of para-hydroxylation sites is 1. The molecule has 2 aromatic carbocycles. The normalized spacial score (nSPS) is 12.5. The lowest BCUT2D eigenvalue weighted by Crippen LogP contribution is -2.13. The second-order valence-corrected chi connectivity index (χ2v) is 5.13. The van der Waals surface area contributed by atoms with E-state index in [0.717, 1.165) is 27.7 Å². The summed E-state index contributed by atoms with van der Waals surface area (Å²) < 4.78 is 13.7. The van der Waals surface area contributed by atoms with Gasteiger partial charge in [-0.15, -0.1) is 0 Å². The van der Waals surface area contributed by atoms with Crippen LogP contribution < -0.4 is 5.32 Å². The van der Waals surface area contributed by atoms with Crippen molar-refractivity contribution in [2.24, 2.45) is 0 Å². The van der Waals surface area contributed by atoms with Crippen molar-refractivity contribution in [2.75, 3.05) is 7.05 Å². The Bertz CT molecular complexity index is 783. The number of hydrogen-bond acceptors (Lipinski definition) is 2. The molecule has 0 aliphatic carbocycles. The molecule has 1 N–H and O–H groups in total. The van der Waals surface area contributed by atoms with E-state index in [9.17, 15) is 4.39 Å². The van der Waals surface area contributed by atoms with Crippen molar-refractivity contribution >= 4 is 10.9 Å². The van der Waals surface area contributed by atoms with Gasteiger partial charge in [-0.3, -0.25) is 0 Å². The third kappa shape index (κ3) is 2.65. The monoisotopic (exact) mass is 280 g/mol. The van der Waals surface area contributed by atoms with Crippen molar-refractivity contribution < 1.29 is 4.39 Å². The average Bonchev–Trinajstić information content (AvgIpc) is 2.53. The molecule has 1 heterocycles. The SMILES string of the molecule is CNC(C)c1ccc(F)cc1-c1ccc2ccccc2n1. The van der Waals surface area contributed by atoms with Crippen molar-refractivity contribution in [2.45, 2.75) is 13.0 Å². The molecule has 3 aromatic rings. The number of pyridine rings is 1. The fourth-order valence-corrected chi connectivity index (χ4v) is 2.50. The molecule has 1 unspecified atom stereocenters. The summed E-state index contributed by atoms with van der Waals surface area (Å²) in [5, 5.41) is 4.28. The molecule has 1 atom stereocenters. The predicted octanol–water partition coefficient (Wildman–Crippen LogP) is 4.32. The van der Waals surface area contributed by atoms with E-state index in [1.807, 2.05) is 49.5 Å². The van der Waals surface area contributed by atoms with Gasteiger partial charge in [0.05, 0.1) is 11.2 Å². The third-order valence-corrected chi connectivity index (χ3v) is 3.79. The van der Waals surface area contributed by atoms with Gasteiger partial charge >= 0.3 is 0 Å². The quantitative estimate of drug-likeness (QED) is 0.772. The summed E-state index contributed by atoms with van der Waals surface area (Å²) in [6.45, 7) is 2.05. The van der Waals surface area contributed by atoms with Crippen LogP contribution in [0.2, 0.25) is 0 Å². The van der Waals surface area contributed by atoms with Crippen LogP contribution >= 0.6 is 0 Å². The van der Waals surface area contributed by atoms with Crippen molar-refractivity contribution in [3.05, 3.63) is 66.0 Å². The number of aromatic nitrogens is 1. The Balaban J connectivity index is 2.19. The van der Waals surface area contributed by atoms with E-state index in [1.54, 1.807) is 6.07 Å². The Morgan fingerprint density at radius 2 is 1.86 bits per heavy atom. The van der Waals surface area contributed by atoms with Crippen LogP contribution in [0.25, 0.3) is 22.2 Å². The van der Waals surface area contributed by atoms with E-state index in [1.165, 1.54) is 6.07 Å². The summed E-state index contributed by atoms with van der Waals surface area (Å²) in [5.41, 5.74) is 3.59. The van der Waals surface area contributed by atoms with Crippen LogP contribution in [-0.4, -0.2) is 12.0 Å². The number of nitrogens with zero attached hydrogens (tertiary/aromatic N) is 1. The summed E-state index contributed by atoms with van der Waals surface area (Å²) in [6, 6.07) is 16.9. The first-order valence-electron chi connectivity index (χ1n) is 7.02. The Labute approximate surface area is 123 Å². The standard InChI is InChI=1S/C18H17FN2/c1-12(20-2)15-9-8-14(19)11-16(15)18-10-7-13-5-3-4-6-17(13)21-18/h3-12,20H,1-2H3. The van der Waals surface area contributed by atoms with Gasteiger partial charge in [0.25, 0.3) is 0 Å². The maximum Gasteiger partial charge on any atom is 0.123 e. The Hall–Kier alpha value is -2.26. The second kappa shape index (κ2) is 5.62. The molecule has 2 nitrogen and oxygen atoms in total. The minimum absolute atomic E-state index is 0.133. The first-order chi connectivity index (χ1) is 10.2. The van der Waals surface area contributed by atoms with Crippen LogP contribution in [-0.2, 0) is 0 Å². The van der Waals surface area contributed by atoms with E-state index in [4.69, 9.17) is 0 Å². The smallest absolute Gasteiger partial charge is 0.123 e. The fourth-order valence-electron chi connectivity index (χ4n) is 2.50. The zero-order valence-corrected chi connectivity index (χ0v) is 12.1. The maximum absolute atomic E-state index is 13.7. The number of rotatable bonds is 3. The number of nitrogens with one attached hydrogen (secondary N) is 1. The Kier molecular flexibility index (Phi) is 3.67. The molecule has 3 heteroatoms. The lowest BCUT2D eigenvalue weighted by atomic mass is 9.98. The molecule has 0 aliphatic rings. The lowest BCUT2D eigenvalue weighted by Gasteiger charge is -2.16. The highest BCUT2D eigenvalue weighted by Crippen LogP contribution is 2.29. The summed E-state index contributed by atoms with van der Waals surface area (Å²) in [5.74, 6) is -0.244. The highest BCUT2D eigenvalue weighted by atomic mass is 19.1. The molecule has 21 heavy (non-hydrogen) atoms. The molecule has 0 saturated carbocycles. The zero-order valence-electron chi connectivity index (χ0n) is 12.1. The molecule has 0 bridgehead atoms. The Morgan fingerprint density at radius 1 is 1.05 bits per heavy atom. The number of hydrogen-bond donors (Lipinski definition) is 1. The van der Waals surface area contributed by atoms with Crippen LogP contribution in [0.15, 0.2) is 54.6 Å². The molecule has 0 spiro atoms. The van der Waals surface area contributed by atoms with Gasteiger partial charge in [0.1, 0.15) is 5.82 Å². The van der Waals surface area contributed by atoms with Crippen LogP contribution in [0.3, 0.4) is 0 Å². The van der Waals surface area contributed by atoms with Gasteiger partial charge in [-0.05, 0) is 43.8 Å². The third-order valence-electron chi connectivity index (χ3n) is 3.79. The molecular formula is C18H17FN2. The van der Waals surface area contributed by atoms with Crippen molar-refractivity contribution in [1.29, 1.82) is 0 Å². The van der Waals surface area contributed by atoms with Gasteiger partial charge in [-0.1, -0.05) is 30.3 Å². The molecule has 0 fully saturated rings. The zero-order chi connectivity index (χ0) is 14.8. The van der Waals surface area contributed by atoms with Crippen LogP contribution in [0, 0.1) is 5.82 Å². The van der Waals surface area contributed by atoms with Gasteiger partial charge in [0.2, 0.25) is 0 Å². The van der Waals surface area contributed by atoms with Crippen molar-refractivity contribution in [3.8, 4) is 11.3 Å². The van der Waals surface area contributed by atoms with Gasteiger partial charge in [0.15, 0.2) is 0 Å². The molecule has 0 amide bonds. The molecule has 0 saturated heterocycles. The maximum atomic E-state index is 13.7. The molecule has 0 aliphatic heterocycles. The van der Waals surface area contributed by atoms with Gasteiger partial charge < -0.3 is 5.32 Å². The lowest BCUT2D eigenvalue weighted by molar-refractivity contribution is 0.620. The van der Waals surface area contributed by atoms with E-state index in [0.29, 0.717) is 0 Å². The highest BCUT2D eigenvalue weighted by molar-refractivity contribution is 5.82. The molecular weight excluding hydrogens is 263 g/mol. The first-order valence-corrected chi connectivity index (χ1v) is 7.02. The fraction of sp³-hybridized carbons (Fsp3) is 0.167. The van der Waals surface area contributed by atoms with Gasteiger partial charge in [-0.2, -0.15) is 0 Å². The largest absolute Gasteiger partial charge is 0.313 e. The molecule has 0 radical (unpaired) electrons. The van der Waals surface area contributed by atoms with Crippen LogP contribution in [0.5, 0.6) is 0 Å². The van der Waals surface area contributed by atoms with E-state index in [-0.39, 0.29) is 11.9 Å². The number of benzene rings is 2. The second-order valence-electron chi connectivity index (χ2n) is 5.13. The van der Waals surface area contributed by atoms with Crippen LogP contribution in [0.1, 0.15) is 18.5 Å². The minimum Gasteiger partial charge on any atom is -0.313 e. The van der Waals surface area contributed by atoms with E-state index < -0.39 is 0 Å². The number of halogens is 1. The molecule has 106 valence electrons. The van der Waals surface area contributed by atoms with E-state index >= 15 is 0 Å².